The maximum Gasteiger partial charge on any atom is 0.121 e. The molecule has 0 fully saturated rings. The van der Waals surface area contributed by atoms with Crippen LogP contribution in [-0.4, -0.2) is 41.6 Å². The zero-order chi connectivity index (χ0) is 24.0. The van der Waals surface area contributed by atoms with Gasteiger partial charge in [0, 0.05) is 25.3 Å². The van der Waals surface area contributed by atoms with Gasteiger partial charge < -0.3 is 25.4 Å². The van der Waals surface area contributed by atoms with Crippen LogP contribution in [0.3, 0.4) is 0 Å². The first kappa shape index (κ1) is 30.3. The summed E-state index contributed by atoms with van der Waals surface area (Å²) in [4.78, 5) is 0. The molecular weight excluding hydrogens is 402 g/mol. The van der Waals surface area contributed by atoms with Crippen molar-refractivity contribution in [3.8, 4) is 5.75 Å². The van der Waals surface area contributed by atoms with Crippen LogP contribution in [0.4, 0.5) is 0 Å². The third-order valence-corrected chi connectivity index (χ3v) is 5.14. The van der Waals surface area contributed by atoms with Gasteiger partial charge in [-0.3, -0.25) is 0 Å². The smallest absolute Gasteiger partial charge is 0.121 e. The Morgan fingerprint density at radius 3 is 2.38 bits per heavy atom. The zero-order valence-electron chi connectivity index (χ0n) is 20.8. The van der Waals surface area contributed by atoms with Crippen LogP contribution in [0.2, 0.25) is 0 Å². The number of benzene rings is 1. The van der Waals surface area contributed by atoms with Crippen LogP contribution in [0.15, 0.2) is 42.0 Å². The summed E-state index contributed by atoms with van der Waals surface area (Å²) in [5, 5.41) is 32.3. The summed E-state index contributed by atoms with van der Waals surface area (Å²) in [6.07, 6.45) is 13.7. The molecule has 0 spiro atoms. The molecule has 0 aliphatic heterocycles. The van der Waals surface area contributed by atoms with E-state index in [-0.39, 0.29) is 12.4 Å². The van der Waals surface area contributed by atoms with E-state index in [1.165, 1.54) is 18.1 Å². The van der Waals surface area contributed by atoms with E-state index in [0.717, 1.165) is 58.3 Å². The van der Waals surface area contributed by atoms with E-state index in [0.29, 0.717) is 17.7 Å². The summed E-state index contributed by atoms with van der Waals surface area (Å²) in [7, 11) is 0. The van der Waals surface area contributed by atoms with Crippen molar-refractivity contribution >= 4 is 0 Å². The van der Waals surface area contributed by atoms with E-state index in [9.17, 15) is 15.3 Å². The minimum atomic E-state index is -0.647. The number of nitrogens with one attached hydrogen (secondary N) is 1. The molecule has 0 bridgehead atoms. The van der Waals surface area contributed by atoms with Gasteiger partial charge in [0.25, 0.3) is 0 Å². The summed E-state index contributed by atoms with van der Waals surface area (Å²) in [6.45, 7) is 10.9. The van der Waals surface area contributed by atoms with Crippen LogP contribution in [-0.2, 0) is 11.3 Å². The van der Waals surface area contributed by atoms with E-state index in [4.69, 9.17) is 4.74 Å². The lowest BCUT2D eigenvalue weighted by Gasteiger charge is -2.14. The summed E-state index contributed by atoms with van der Waals surface area (Å²) in [5.74, 6) is 0.0533. The molecule has 32 heavy (non-hydrogen) atoms. The maximum atomic E-state index is 10.2. The first-order valence-electron chi connectivity index (χ1n) is 12.3. The van der Waals surface area contributed by atoms with Gasteiger partial charge in [-0.05, 0) is 70.2 Å². The highest BCUT2D eigenvalue weighted by Gasteiger charge is 2.09. The average Bonchev–Trinajstić information content (AvgIpc) is 2.82. The third kappa shape index (κ3) is 14.4. The zero-order valence-corrected chi connectivity index (χ0v) is 20.8. The van der Waals surface area contributed by atoms with Crippen molar-refractivity contribution < 1.29 is 20.1 Å². The molecule has 0 aliphatic rings. The summed E-state index contributed by atoms with van der Waals surface area (Å²) < 4.78 is 5.72. The monoisotopic (exact) mass is 449 g/mol. The molecule has 0 saturated heterocycles. The minimum absolute atomic E-state index is 0.0533. The molecule has 0 aliphatic carbocycles. The van der Waals surface area contributed by atoms with Crippen LogP contribution >= 0.6 is 0 Å². The second-order valence-corrected chi connectivity index (χ2v) is 7.61. The van der Waals surface area contributed by atoms with Crippen molar-refractivity contribution in [3.63, 3.8) is 0 Å². The Labute approximate surface area is 196 Å². The number of aliphatic hydroxyl groups excluding tert-OH is 2. The number of aromatic hydroxyl groups is 1. The molecule has 1 rings (SSSR count). The van der Waals surface area contributed by atoms with Crippen LogP contribution < -0.4 is 5.32 Å². The largest absolute Gasteiger partial charge is 0.508 e. The molecule has 1 atom stereocenters. The molecule has 5 heteroatoms. The first-order chi connectivity index (χ1) is 15.6. The number of hydrogen-bond acceptors (Lipinski definition) is 5. The van der Waals surface area contributed by atoms with Crippen molar-refractivity contribution in [1.82, 2.24) is 5.32 Å². The van der Waals surface area contributed by atoms with E-state index in [2.05, 4.69) is 37.4 Å². The molecule has 0 radical (unpaired) electrons. The molecule has 1 aromatic carbocycles. The number of aliphatic hydroxyl groups is 2. The first-order valence-corrected chi connectivity index (χ1v) is 12.3. The van der Waals surface area contributed by atoms with Crippen LogP contribution in [0.1, 0.15) is 89.9 Å². The fourth-order valence-corrected chi connectivity index (χ4v) is 3.28. The van der Waals surface area contributed by atoms with E-state index >= 15 is 0 Å². The Kier molecular flexibility index (Phi) is 20.1. The number of ether oxygens (including phenoxy) is 1. The van der Waals surface area contributed by atoms with Crippen molar-refractivity contribution in [2.24, 2.45) is 0 Å². The minimum Gasteiger partial charge on any atom is -0.508 e. The molecular formula is C27H47NO4. The fraction of sp³-hybridized carbons (Fsp3) is 0.630. The normalized spacial score (nSPS) is 12.6. The van der Waals surface area contributed by atoms with Crippen LogP contribution in [0.25, 0.3) is 0 Å². The molecule has 0 amide bonds. The fourth-order valence-electron chi connectivity index (χ4n) is 3.28. The highest BCUT2D eigenvalue weighted by atomic mass is 16.5. The van der Waals surface area contributed by atoms with Gasteiger partial charge in [-0.2, -0.15) is 0 Å². The van der Waals surface area contributed by atoms with Crippen molar-refractivity contribution in [2.45, 2.75) is 85.4 Å². The number of rotatable bonds is 17. The van der Waals surface area contributed by atoms with Gasteiger partial charge in [0.1, 0.15) is 5.75 Å². The predicted octanol–water partition coefficient (Wildman–Crippen LogP) is 5.80. The van der Waals surface area contributed by atoms with E-state index < -0.39 is 6.10 Å². The molecule has 0 saturated carbocycles. The van der Waals surface area contributed by atoms with Crippen molar-refractivity contribution in [3.05, 3.63) is 53.1 Å². The van der Waals surface area contributed by atoms with Gasteiger partial charge in [0.15, 0.2) is 0 Å². The van der Waals surface area contributed by atoms with Gasteiger partial charge in [0.2, 0.25) is 0 Å². The Balaban J connectivity index is 0.00000466. The maximum absolute atomic E-state index is 10.2. The summed E-state index contributed by atoms with van der Waals surface area (Å²) in [6, 6.07) is 4.83. The summed E-state index contributed by atoms with van der Waals surface area (Å²) in [5.41, 5.74) is 2.53. The van der Waals surface area contributed by atoms with Gasteiger partial charge in [-0.1, -0.05) is 56.6 Å². The summed E-state index contributed by atoms with van der Waals surface area (Å²) >= 11 is 0. The number of allylic oxidation sites excluding steroid dienone is 4. The quantitative estimate of drug-likeness (QED) is 0.178. The lowest BCUT2D eigenvalue weighted by Crippen LogP contribution is -2.22. The molecule has 5 nitrogen and oxygen atoms in total. The van der Waals surface area contributed by atoms with Crippen molar-refractivity contribution in [2.75, 3.05) is 26.3 Å². The van der Waals surface area contributed by atoms with E-state index in [1.54, 1.807) is 12.1 Å². The molecule has 1 aromatic rings. The van der Waals surface area contributed by atoms with Crippen LogP contribution in [0.5, 0.6) is 5.75 Å². The Morgan fingerprint density at radius 2 is 1.72 bits per heavy atom. The molecule has 4 N–H and O–H groups in total. The van der Waals surface area contributed by atoms with Crippen molar-refractivity contribution in [1.29, 1.82) is 0 Å². The average molecular weight is 450 g/mol. The van der Waals surface area contributed by atoms with Crippen LogP contribution in [0, 0.1) is 0 Å². The molecule has 0 heterocycles. The highest BCUT2D eigenvalue weighted by Crippen LogP contribution is 2.22. The Bertz CT molecular complexity index is 628. The third-order valence-electron chi connectivity index (χ3n) is 5.14. The van der Waals surface area contributed by atoms with Gasteiger partial charge in [0.05, 0.1) is 12.7 Å². The number of unbranched alkanes of at least 4 members (excludes halogenated alkanes) is 4. The molecule has 0 aromatic heterocycles. The standard InChI is InChI=1S/C25H41NO4.C2H6/c1-3-11-21(4-2)12-7-10-17-30-16-9-6-5-8-15-26-19-25(29)22-13-14-24(28)23(18-22)20-27;1-2/h3-4,11,13-14,18,25-29H,5-10,12,15-17,19-20H2,1-2H3;1-2H3/b11-3-,21-4+;. The molecule has 184 valence electrons. The second-order valence-electron chi connectivity index (χ2n) is 7.61. The second kappa shape index (κ2) is 21.2. The lowest BCUT2D eigenvalue weighted by atomic mass is 10.1. The van der Waals surface area contributed by atoms with Gasteiger partial charge >= 0.3 is 0 Å². The van der Waals surface area contributed by atoms with Gasteiger partial charge in [-0.15, -0.1) is 0 Å². The predicted molar refractivity (Wildman–Crippen MR) is 135 cm³/mol. The Hall–Kier alpha value is -1.66. The molecule has 1 unspecified atom stereocenters. The Morgan fingerprint density at radius 1 is 1.03 bits per heavy atom. The number of hydrogen-bond donors (Lipinski definition) is 4. The number of phenols is 1. The lowest BCUT2D eigenvalue weighted by molar-refractivity contribution is 0.126. The topological polar surface area (TPSA) is 82.0 Å². The van der Waals surface area contributed by atoms with E-state index in [1.807, 2.05) is 13.8 Å². The van der Waals surface area contributed by atoms with Gasteiger partial charge in [-0.25, -0.2) is 0 Å². The SMILES string of the molecule is C/C=C\C(=C/C)CCCCOCCCCCCNCC(O)c1ccc(O)c(CO)c1.CC. The highest BCUT2D eigenvalue weighted by molar-refractivity contribution is 5.36.